The number of nitrogens with zero attached hydrogens (tertiary/aromatic N) is 2. The molecule has 2 rings (SSSR count). The van der Waals surface area contributed by atoms with Crippen LogP contribution in [-0.2, 0) is 0 Å². The van der Waals surface area contributed by atoms with E-state index in [-0.39, 0.29) is 0 Å². The Kier molecular flexibility index (Phi) is 3.27. The summed E-state index contributed by atoms with van der Waals surface area (Å²) >= 11 is 1.43. The molecule has 0 radical (unpaired) electrons. The second kappa shape index (κ2) is 4.52. The van der Waals surface area contributed by atoms with Crippen molar-refractivity contribution in [2.24, 2.45) is 11.3 Å². The van der Waals surface area contributed by atoms with Gasteiger partial charge in [0, 0.05) is 11.6 Å². The summed E-state index contributed by atoms with van der Waals surface area (Å²) in [5, 5.41) is 22.2. The van der Waals surface area contributed by atoms with Crippen molar-refractivity contribution >= 4 is 11.3 Å². The Hall–Kier alpha value is -0.920. The Morgan fingerprint density at radius 2 is 2.56 bits per heavy atom. The van der Waals surface area contributed by atoms with Gasteiger partial charge in [-0.1, -0.05) is 19.8 Å². The maximum atomic E-state index is 10.3. The molecule has 3 nitrogen and oxygen atoms in total. The van der Waals surface area contributed by atoms with Crippen molar-refractivity contribution in [3.63, 3.8) is 0 Å². The molecular weight excluding hydrogens is 220 g/mol. The van der Waals surface area contributed by atoms with E-state index in [0.717, 1.165) is 25.7 Å². The summed E-state index contributed by atoms with van der Waals surface area (Å²) in [6, 6.07) is 2.35. The SMILES string of the molecule is CC1CCCC(C#N)(C(O)c2nccs2)C1. The quantitative estimate of drug-likeness (QED) is 0.859. The van der Waals surface area contributed by atoms with Crippen molar-refractivity contribution in [1.82, 2.24) is 4.98 Å². The fourth-order valence-corrected chi connectivity index (χ4v) is 3.35. The lowest BCUT2D eigenvalue weighted by molar-refractivity contribution is 0.0218. The van der Waals surface area contributed by atoms with Crippen LogP contribution in [0.3, 0.4) is 0 Å². The number of aliphatic hydroxyl groups excluding tert-OH is 1. The number of hydrogen-bond acceptors (Lipinski definition) is 4. The molecule has 0 saturated heterocycles. The number of nitriles is 1. The van der Waals surface area contributed by atoms with Crippen molar-refractivity contribution < 1.29 is 5.11 Å². The topological polar surface area (TPSA) is 56.9 Å². The molecule has 4 heteroatoms. The molecule has 0 aromatic carbocycles. The van der Waals surface area contributed by atoms with Crippen LogP contribution in [-0.4, -0.2) is 10.1 Å². The van der Waals surface area contributed by atoms with Crippen LogP contribution in [0.15, 0.2) is 11.6 Å². The van der Waals surface area contributed by atoms with E-state index < -0.39 is 11.5 Å². The smallest absolute Gasteiger partial charge is 0.124 e. The Morgan fingerprint density at radius 3 is 3.12 bits per heavy atom. The molecule has 3 atom stereocenters. The van der Waals surface area contributed by atoms with Crippen LogP contribution in [0.5, 0.6) is 0 Å². The predicted octanol–water partition coefficient (Wildman–Crippen LogP) is 2.90. The fraction of sp³-hybridized carbons (Fsp3) is 0.667. The highest BCUT2D eigenvalue weighted by atomic mass is 32.1. The minimum atomic E-state index is -0.722. The molecule has 16 heavy (non-hydrogen) atoms. The van der Waals surface area contributed by atoms with Gasteiger partial charge in [0.05, 0.1) is 11.5 Å². The van der Waals surface area contributed by atoms with Crippen molar-refractivity contribution in [3.05, 3.63) is 16.6 Å². The van der Waals surface area contributed by atoms with Gasteiger partial charge in [-0.25, -0.2) is 4.98 Å². The predicted molar refractivity (Wildman–Crippen MR) is 62.8 cm³/mol. The third kappa shape index (κ3) is 1.98. The van der Waals surface area contributed by atoms with Crippen molar-refractivity contribution in [1.29, 1.82) is 5.26 Å². The second-order valence-electron chi connectivity index (χ2n) is 4.74. The number of thiazole rings is 1. The first-order valence-electron chi connectivity index (χ1n) is 5.67. The molecule has 0 amide bonds. The molecule has 0 spiro atoms. The fourth-order valence-electron chi connectivity index (χ4n) is 2.61. The van der Waals surface area contributed by atoms with Gasteiger partial charge in [-0.15, -0.1) is 11.3 Å². The number of aromatic nitrogens is 1. The van der Waals surface area contributed by atoms with Gasteiger partial charge in [0.15, 0.2) is 0 Å². The number of rotatable bonds is 2. The zero-order chi connectivity index (χ0) is 11.6. The standard InChI is InChI=1S/C12H16N2OS/c1-9-3-2-4-12(7-9,8-13)10(15)11-14-5-6-16-11/h5-6,9-10,15H,2-4,7H2,1H3. The summed E-state index contributed by atoms with van der Waals surface area (Å²) in [6.45, 7) is 2.15. The van der Waals surface area contributed by atoms with Crippen LogP contribution in [0.25, 0.3) is 0 Å². The first kappa shape index (κ1) is 11.6. The van der Waals surface area contributed by atoms with Gasteiger partial charge in [0.25, 0.3) is 0 Å². The third-order valence-electron chi connectivity index (χ3n) is 3.46. The van der Waals surface area contributed by atoms with Gasteiger partial charge < -0.3 is 5.11 Å². The molecule has 1 fully saturated rings. The van der Waals surface area contributed by atoms with E-state index in [2.05, 4.69) is 18.0 Å². The van der Waals surface area contributed by atoms with Gasteiger partial charge in [-0.2, -0.15) is 5.26 Å². The molecule has 1 aliphatic carbocycles. The van der Waals surface area contributed by atoms with Gasteiger partial charge in [-0.05, 0) is 18.8 Å². The van der Waals surface area contributed by atoms with Crippen molar-refractivity contribution in [3.8, 4) is 6.07 Å². The number of aliphatic hydroxyl groups is 1. The monoisotopic (exact) mass is 236 g/mol. The summed E-state index contributed by atoms with van der Waals surface area (Å²) in [4.78, 5) is 4.13. The van der Waals surface area contributed by atoms with E-state index in [4.69, 9.17) is 0 Å². The first-order valence-corrected chi connectivity index (χ1v) is 6.54. The van der Waals surface area contributed by atoms with Crippen LogP contribution in [0.2, 0.25) is 0 Å². The summed E-state index contributed by atoms with van der Waals surface area (Å²) in [6.07, 6.45) is 4.71. The van der Waals surface area contributed by atoms with Crippen LogP contribution in [0, 0.1) is 22.7 Å². The Morgan fingerprint density at radius 1 is 1.75 bits per heavy atom. The van der Waals surface area contributed by atoms with E-state index in [0.29, 0.717) is 10.9 Å². The van der Waals surface area contributed by atoms with Crippen molar-refractivity contribution in [2.45, 2.75) is 38.7 Å². The molecule has 0 bridgehead atoms. The Bertz CT molecular complexity index is 384. The molecule has 1 aliphatic rings. The molecule has 1 heterocycles. The molecule has 1 aromatic heterocycles. The van der Waals surface area contributed by atoms with Crippen molar-refractivity contribution in [2.75, 3.05) is 0 Å². The van der Waals surface area contributed by atoms with Crippen LogP contribution in [0.1, 0.15) is 43.7 Å². The van der Waals surface area contributed by atoms with Crippen LogP contribution >= 0.6 is 11.3 Å². The highest BCUT2D eigenvalue weighted by molar-refractivity contribution is 7.09. The summed E-state index contributed by atoms with van der Waals surface area (Å²) in [5.41, 5.74) is -0.616. The number of hydrogen-bond donors (Lipinski definition) is 1. The molecule has 1 N–H and O–H groups in total. The molecular formula is C12H16N2OS. The summed E-state index contributed by atoms with van der Waals surface area (Å²) in [7, 11) is 0. The Labute approximate surface area is 99.8 Å². The molecule has 86 valence electrons. The zero-order valence-electron chi connectivity index (χ0n) is 9.39. The minimum absolute atomic E-state index is 0.517. The van der Waals surface area contributed by atoms with Crippen LogP contribution in [0.4, 0.5) is 0 Å². The zero-order valence-corrected chi connectivity index (χ0v) is 10.2. The van der Waals surface area contributed by atoms with Gasteiger partial charge in [0.1, 0.15) is 11.1 Å². The highest BCUT2D eigenvalue weighted by Gasteiger charge is 2.43. The molecule has 3 unspecified atom stereocenters. The maximum absolute atomic E-state index is 10.3. The minimum Gasteiger partial charge on any atom is -0.384 e. The van der Waals surface area contributed by atoms with E-state index in [1.807, 2.05) is 5.38 Å². The van der Waals surface area contributed by atoms with Gasteiger partial charge in [-0.3, -0.25) is 0 Å². The Balaban J connectivity index is 2.24. The summed E-state index contributed by atoms with van der Waals surface area (Å²) < 4.78 is 0. The average molecular weight is 236 g/mol. The maximum Gasteiger partial charge on any atom is 0.124 e. The second-order valence-corrected chi connectivity index (χ2v) is 5.67. The van der Waals surface area contributed by atoms with E-state index in [9.17, 15) is 10.4 Å². The van der Waals surface area contributed by atoms with E-state index in [1.165, 1.54) is 11.3 Å². The van der Waals surface area contributed by atoms with Gasteiger partial charge in [0.2, 0.25) is 0 Å². The lowest BCUT2D eigenvalue weighted by Gasteiger charge is -2.37. The molecule has 0 aliphatic heterocycles. The highest BCUT2D eigenvalue weighted by Crippen LogP contribution is 2.47. The normalized spacial score (nSPS) is 31.9. The van der Waals surface area contributed by atoms with Crippen LogP contribution < -0.4 is 0 Å². The lowest BCUT2D eigenvalue weighted by Crippen LogP contribution is -2.32. The summed E-state index contributed by atoms with van der Waals surface area (Å²) in [5.74, 6) is 0.517. The largest absolute Gasteiger partial charge is 0.384 e. The third-order valence-corrected chi connectivity index (χ3v) is 4.29. The average Bonchev–Trinajstić information content (AvgIpc) is 2.81. The van der Waals surface area contributed by atoms with Gasteiger partial charge >= 0.3 is 0 Å². The lowest BCUT2D eigenvalue weighted by atomic mass is 9.68. The van der Waals surface area contributed by atoms with E-state index in [1.54, 1.807) is 6.20 Å². The molecule has 1 saturated carbocycles. The first-order chi connectivity index (χ1) is 7.68. The molecule has 1 aromatic rings. The van der Waals surface area contributed by atoms with E-state index >= 15 is 0 Å².